The lowest BCUT2D eigenvalue weighted by molar-refractivity contribution is -0.135. The number of alkyl halides is 2. The lowest BCUT2D eigenvalue weighted by Crippen LogP contribution is -2.50. The van der Waals surface area contributed by atoms with Gasteiger partial charge >= 0.3 is 0 Å². The molecule has 1 aromatic carbocycles. The molecule has 2 fully saturated rings. The summed E-state index contributed by atoms with van der Waals surface area (Å²) in [6.07, 6.45) is 3.43. The van der Waals surface area contributed by atoms with Crippen molar-refractivity contribution < 1.29 is 13.6 Å². The summed E-state index contributed by atoms with van der Waals surface area (Å²) in [5.74, 6) is 0.503. The van der Waals surface area contributed by atoms with Gasteiger partial charge in [-0.1, -0.05) is 40.1 Å². The molecule has 3 aromatic rings. The molecule has 1 aliphatic heterocycles. The first-order chi connectivity index (χ1) is 15.0. The highest BCUT2D eigenvalue weighted by molar-refractivity contribution is 9.10. The average Bonchev–Trinajstić information content (AvgIpc) is 3.52. The smallest absolute Gasteiger partial charge is 0.291 e. The molecule has 1 amide bonds. The molecule has 164 valence electrons. The van der Waals surface area contributed by atoms with Crippen molar-refractivity contribution in [2.24, 2.45) is 5.92 Å². The highest BCUT2D eigenvalue weighted by atomic mass is 79.9. The van der Waals surface area contributed by atoms with Crippen molar-refractivity contribution in [2.75, 3.05) is 31.1 Å². The molecule has 0 bridgehead atoms. The van der Waals surface area contributed by atoms with E-state index in [9.17, 15) is 13.6 Å². The Bertz CT molecular complexity index is 1100. The molecule has 31 heavy (non-hydrogen) atoms. The van der Waals surface area contributed by atoms with Crippen LogP contribution in [0.3, 0.4) is 0 Å². The molecule has 2 aliphatic rings. The maximum Gasteiger partial charge on any atom is 0.291 e. The molecule has 0 spiro atoms. The number of anilines is 1. The minimum atomic E-state index is -2.65. The summed E-state index contributed by atoms with van der Waals surface area (Å²) in [4.78, 5) is 17.0. The van der Waals surface area contributed by atoms with Gasteiger partial charge in [-0.25, -0.2) is 13.5 Å². The second-order valence-corrected chi connectivity index (χ2v) is 9.83. The Balaban J connectivity index is 1.39. The van der Waals surface area contributed by atoms with Crippen LogP contribution in [0.15, 0.2) is 22.8 Å². The third-order valence-corrected chi connectivity index (χ3v) is 7.43. The van der Waals surface area contributed by atoms with Crippen LogP contribution in [-0.2, 0) is 4.79 Å². The topological polar surface area (TPSA) is 67.2 Å². The number of fused-ring (bicyclic) bond motifs is 1. The van der Waals surface area contributed by atoms with Crippen LogP contribution in [0.25, 0.3) is 16.0 Å². The maximum atomic E-state index is 12.9. The van der Waals surface area contributed by atoms with Gasteiger partial charge in [0.25, 0.3) is 6.43 Å². The van der Waals surface area contributed by atoms with E-state index in [4.69, 9.17) is 0 Å². The highest BCUT2D eigenvalue weighted by Crippen LogP contribution is 2.34. The van der Waals surface area contributed by atoms with Gasteiger partial charge in [0.1, 0.15) is 0 Å². The third kappa shape index (κ3) is 3.93. The van der Waals surface area contributed by atoms with E-state index in [2.05, 4.69) is 36.1 Å². The SMILES string of the molecule is O=C(C1CCCC1)N1CCN(c2cc(Br)cc3c2cnn3-c2nnc(C(F)F)s2)CC1. The van der Waals surface area contributed by atoms with Crippen molar-refractivity contribution in [1.29, 1.82) is 0 Å². The number of benzene rings is 1. The predicted molar refractivity (Wildman–Crippen MR) is 118 cm³/mol. The summed E-state index contributed by atoms with van der Waals surface area (Å²) >= 11 is 4.40. The van der Waals surface area contributed by atoms with Crippen molar-refractivity contribution >= 4 is 49.8 Å². The molecule has 3 heterocycles. The Morgan fingerprint density at radius 2 is 1.87 bits per heavy atom. The zero-order valence-corrected chi connectivity index (χ0v) is 19.1. The van der Waals surface area contributed by atoms with Crippen LogP contribution in [0.5, 0.6) is 0 Å². The molecule has 7 nitrogen and oxygen atoms in total. The summed E-state index contributed by atoms with van der Waals surface area (Å²) in [5.41, 5.74) is 1.77. The minimum Gasteiger partial charge on any atom is -0.367 e. The summed E-state index contributed by atoms with van der Waals surface area (Å²) in [5, 5.41) is 12.7. The highest BCUT2D eigenvalue weighted by Gasteiger charge is 2.30. The average molecular weight is 511 g/mol. The Labute approximate surface area is 190 Å². The van der Waals surface area contributed by atoms with Crippen LogP contribution in [0.1, 0.15) is 37.1 Å². The summed E-state index contributed by atoms with van der Waals surface area (Å²) in [6.45, 7) is 2.88. The third-order valence-electron chi connectivity index (χ3n) is 6.07. The van der Waals surface area contributed by atoms with Gasteiger partial charge in [-0.15, -0.1) is 10.2 Å². The van der Waals surface area contributed by atoms with Crippen LogP contribution >= 0.6 is 27.3 Å². The second kappa shape index (κ2) is 8.42. The van der Waals surface area contributed by atoms with Gasteiger partial charge in [0.2, 0.25) is 11.0 Å². The van der Waals surface area contributed by atoms with Crippen molar-refractivity contribution in [3.63, 3.8) is 0 Å². The molecule has 11 heteroatoms. The predicted octanol–water partition coefficient (Wildman–Crippen LogP) is 4.42. The molecule has 1 saturated carbocycles. The number of hydrogen-bond donors (Lipinski definition) is 0. The number of amides is 1. The number of halogens is 3. The van der Waals surface area contributed by atoms with Gasteiger partial charge in [-0.3, -0.25) is 4.79 Å². The number of piperazine rings is 1. The van der Waals surface area contributed by atoms with Crippen molar-refractivity contribution in [1.82, 2.24) is 24.9 Å². The number of carbonyl (C=O) groups is 1. The van der Waals surface area contributed by atoms with E-state index in [1.807, 2.05) is 17.0 Å². The fourth-order valence-corrected chi connectivity index (χ4v) is 5.59. The molecule has 5 rings (SSSR count). The number of nitrogens with zero attached hydrogens (tertiary/aromatic N) is 6. The van der Waals surface area contributed by atoms with Gasteiger partial charge in [0, 0.05) is 47.6 Å². The summed E-state index contributed by atoms with van der Waals surface area (Å²) in [6, 6.07) is 3.93. The van der Waals surface area contributed by atoms with E-state index < -0.39 is 6.43 Å². The normalized spacial score (nSPS) is 17.9. The van der Waals surface area contributed by atoms with E-state index >= 15 is 0 Å². The van der Waals surface area contributed by atoms with E-state index in [1.54, 1.807) is 10.9 Å². The minimum absolute atomic E-state index is 0.201. The zero-order chi connectivity index (χ0) is 21.5. The van der Waals surface area contributed by atoms with Crippen LogP contribution in [0.2, 0.25) is 0 Å². The molecular weight excluding hydrogens is 490 g/mol. The number of aromatic nitrogens is 4. The Hall–Kier alpha value is -2.14. The molecule has 0 N–H and O–H groups in total. The lowest BCUT2D eigenvalue weighted by Gasteiger charge is -2.37. The van der Waals surface area contributed by atoms with E-state index in [0.717, 1.165) is 71.2 Å². The van der Waals surface area contributed by atoms with Gasteiger partial charge in [0.05, 0.1) is 11.7 Å². The van der Waals surface area contributed by atoms with E-state index in [1.165, 1.54) is 0 Å². The van der Waals surface area contributed by atoms with Crippen LogP contribution in [0.4, 0.5) is 14.5 Å². The Morgan fingerprint density at radius 3 is 2.55 bits per heavy atom. The maximum absolute atomic E-state index is 12.9. The molecule has 0 atom stereocenters. The first kappa shape index (κ1) is 20.7. The number of carbonyl (C=O) groups excluding carboxylic acids is 1. The Kier molecular flexibility index (Phi) is 5.63. The fourth-order valence-electron chi connectivity index (χ4n) is 4.49. The number of hydrogen-bond acceptors (Lipinski definition) is 6. The molecule has 1 aliphatic carbocycles. The first-order valence-corrected chi connectivity index (χ1v) is 11.9. The quantitative estimate of drug-likeness (QED) is 0.519. The molecule has 1 saturated heterocycles. The van der Waals surface area contributed by atoms with Gasteiger partial charge in [-0.05, 0) is 25.0 Å². The van der Waals surface area contributed by atoms with E-state index in [0.29, 0.717) is 24.1 Å². The lowest BCUT2D eigenvalue weighted by atomic mass is 10.1. The van der Waals surface area contributed by atoms with Gasteiger partial charge in [-0.2, -0.15) is 5.10 Å². The molecule has 0 radical (unpaired) electrons. The van der Waals surface area contributed by atoms with E-state index in [-0.39, 0.29) is 10.9 Å². The largest absolute Gasteiger partial charge is 0.367 e. The molecule has 2 aromatic heterocycles. The summed E-state index contributed by atoms with van der Waals surface area (Å²) in [7, 11) is 0. The Morgan fingerprint density at radius 1 is 1.13 bits per heavy atom. The van der Waals surface area contributed by atoms with Gasteiger partial charge in [0.15, 0.2) is 5.01 Å². The van der Waals surface area contributed by atoms with Crippen molar-refractivity contribution in [3.8, 4) is 5.13 Å². The van der Waals surface area contributed by atoms with Crippen LogP contribution in [0, 0.1) is 5.92 Å². The van der Waals surface area contributed by atoms with Crippen LogP contribution in [-0.4, -0.2) is 57.0 Å². The van der Waals surface area contributed by atoms with Crippen molar-refractivity contribution in [3.05, 3.63) is 27.8 Å². The zero-order valence-electron chi connectivity index (χ0n) is 16.7. The number of rotatable bonds is 4. The van der Waals surface area contributed by atoms with Crippen molar-refractivity contribution in [2.45, 2.75) is 32.1 Å². The van der Waals surface area contributed by atoms with Gasteiger partial charge < -0.3 is 9.80 Å². The molecular formula is C20H21BrF2N6OS. The molecule has 0 unspecified atom stereocenters. The fraction of sp³-hybridized carbons (Fsp3) is 0.500. The standard InChI is InChI=1S/C20H21BrF2N6OS/c21-13-9-15(27-5-7-28(8-6-27)19(30)12-3-1-2-4-12)14-11-24-29(16(14)10-13)20-26-25-18(31-20)17(22)23/h9-12,17H,1-8H2. The van der Waals surface area contributed by atoms with Crippen LogP contribution < -0.4 is 4.90 Å². The second-order valence-electron chi connectivity index (χ2n) is 7.93. The first-order valence-electron chi connectivity index (χ1n) is 10.3. The monoisotopic (exact) mass is 510 g/mol. The summed E-state index contributed by atoms with van der Waals surface area (Å²) < 4.78 is 28.3.